The minimum Gasteiger partial charge on any atom is -0.354 e. The highest BCUT2D eigenvalue weighted by Crippen LogP contribution is 2.19. The van der Waals surface area contributed by atoms with Crippen LogP contribution in [0, 0.1) is 12.8 Å². The van der Waals surface area contributed by atoms with Crippen LogP contribution >= 0.6 is 11.3 Å². The molecule has 5 nitrogen and oxygen atoms in total. The summed E-state index contributed by atoms with van der Waals surface area (Å²) in [4.78, 5) is 19.1. The summed E-state index contributed by atoms with van der Waals surface area (Å²) in [5.74, 6) is 0.753. The maximum absolute atomic E-state index is 12.1. The second-order valence-corrected chi connectivity index (χ2v) is 7.56. The van der Waals surface area contributed by atoms with Gasteiger partial charge < -0.3 is 10.6 Å². The van der Waals surface area contributed by atoms with Crippen LogP contribution in [-0.2, 0) is 11.3 Å². The number of aryl methyl sites for hydroxylation is 1. The lowest BCUT2D eigenvalue weighted by molar-refractivity contribution is -0.123. The maximum Gasteiger partial charge on any atom is 0.237 e. The van der Waals surface area contributed by atoms with Gasteiger partial charge in [-0.3, -0.25) is 9.69 Å². The Bertz CT molecular complexity index is 498. The quantitative estimate of drug-likeness (QED) is 0.863. The Hall–Kier alpha value is -0.980. The Labute approximate surface area is 136 Å². The molecule has 3 rings (SSSR count). The maximum atomic E-state index is 12.1. The first kappa shape index (κ1) is 15.9. The van der Waals surface area contributed by atoms with E-state index in [4.69, 9.17) is 0 Å². The van der Waals surface area contributed by atoms with Crippen LogP contribution in [0.5, 0.6) is 0 Å². The highest BCUT2D eigenvalue weighted by Gasteiger charge is 2.24. The van der Waals surface area contributed by atoms with Crippen molar-refractivity contribution in [2.45, 2.75) is 45.2 Å². The largest absolute Gasteiger partial charge is 0.354 e. The van der Waals surface area contributed by atoms with Crippen LogP contribution in [0.1, 0.15) is 36.4 Å². The Kier molecular flexibility index (Phi) is 5.44. The first-order valence-corrected chi connectivity index (χ1v) is 9.23. The lowest BCUT2D eigenvalue weighted by atomic mass is 9.97. The molecule has 6 heteroatoms. The van der Waals surface area contributed by atoms with E-state index in [9.17, 15) is 4.79 Å². The van der Waals surface area contributed by atoms with Gasteiger partial charge in [0.25, 0.3) is 0 Å². The SMILES string of the molecule is Cc1nc(CN2CCCC(CNC(=O)C3CCCN3)C2)cs1. The van der Waals surface area contributed by atoms with E-state index in [0.29, 0.717) is 5.92 Å². The first-order chi connectivity index (χ1) is 10.7. The molecule has 2 saturated heterocycles. The third-order valence-electron chi connectivity index (χ3n) is 4.60. The van der Waals surface area contributed by atoms with E-state index in [1.54, 1.807) is 11.3 Å². The van der Waals surface area contributed by atoms with Gasteiger partial charge in [-0.25, -0.2) is 4.98 Å². The smallest absolute Gasteiger partial charge is 0.237 e. The van der Waals surface area contributed by atoms with Gasteiger partial charge >= 0.3 is 0 Å². The fraction of sp³-hybridized carbons (Fsp3) is 0.750. The zero-order valence-corrected chi connectivity index (χ0v) is 14.1. The molecule has 122 valence electrons. The molecule has 2 N–H and O–H groups in total. The molecule has 1 aromatic heterocycles. The molecule has 0 aromatic carbocycles. The molecule has 1 aromatic rings. The fourth-order valence-electron chi connectivity index (χ4n) is 3.45. The summed E-state index contributed by atoms with van der Waals surface area (Å²) < 4.78 is 0. The van der Waals surface area contributed by atoms with Crippen molar-refractivity contribution in [1.29, 1.82) is 0 Å². The number of aromatic nitrogens is 1. The van der Waals surface area contributed by atoms with Crippen LogP contribution in [0.2, 0.25) is 0 Å². The molecular weight excluding hydrogens is 296 g/mol. The third kappa shape index (κ3) is 4.27. The van der Waals surface area contributed by atoms with Crippen molar-refractivity contribution in [2.75, 3.05) is 26.2 Å². The topological polar surface area (TPSA) is 57.3 Å². The normalized spacial score (nSPS) is 26.2. The molecule has 2 fully saturated rings. The van der Waals surface area contributed by atoms with E-state index in [1.165, 1.54) is 18.5 Å². The molecule has 3 heterocycles. The summed E-state index contributed by atoms with van der Waals surface area (Å²) in [7, 11) is 0. The number of nitrogens with one attached hydrogen (secondary N) is 2. The molecule has 0 bridgehead atoms. The fourth-order valence-corrected chi connectivity index (χ4v) is 4.05. The van der Waals surface area contributed by atoms with E-state index >= 15 is 0 Å². The molecule has 2 aliphatic rings. The zero-order chi connectivity index (χ0) is 15.4. The van der Waals surface area contributed by atoms with Crippen molar-refractivity contribution in [2.24, 2.45) is 5.92 Å². The number of piperidine rings is 1. The summed E-state index contributed by atoms with van der Waals surface area (Å²) in [5, 5.41) is 9.70. The van der Waals surface area contributed by atoms with Crippen molar-refractivity contribution >= 4 is 17.2 Å². The van der Waals surface area contributed by atoms with Gasteiger partial charge in [0, 0.05) is 25.0 Å². The van der Waals surface area contributed by atoms with Gasteiger partial charge in [0.1, 0.15) is 0 Å². The Morgan fingerprint density at radius 2 is 2.41 bits per heavy atom. The minimum absolute atomic E-state index is 0.0395. The number of nitrogens with zero attached hydrogens (tertiary/aromatic N) is 2. The Morgan fingerprint density at radius 1 is 1.50 bits per heavy atom. The van der Waals surface area contributed by atoms with Gasteiger partial charge in [0.05, 0.1) is 16.7 Å². The molecule has 2 unspecified atom stereocenters. The summed E-state index contributed by atoms with van der Waals surface area (Å²) in [6.07, 6.45) is 4.52. The highest BCUT2D eigenvalue weighted by atomic mass is 32.1. The predicted molar refractivity (Wildman–Crippen MR) is 88.9 cm³/mol. The van der Waals surface area contributed by atoms with Crippen LogP contribution in [0.4, 0.5) is 0 Å². The number of hydrogen-bond acceptors (Lipinski definition) is 5. The van der Waals surface area contributed by atoms with Gasteiger partial charge in [-0.15, -0.1) is 11.3 Å². The Balaban J connectivity index is 1.43. The van der Waals surface area contributed by atoms with Crippen LogP contribution in [-0.4, -0.2) is 48.0 Å². The standard InChI is InChI=1S/C16H26N4OS/c1-12-19-14(11-22-12)10-20-7-3-4-13(9-20)8-18-16(21)15-5-2-6-17-15/h11,13,15,17H,2-10H2,1H3,(H,18,21). The summed E-state index contributed by atoms with van der Waals surface area (Å²) in [6.45, 7) is 6.99. The molecule has 22 heavy (non-hydrogen) atoms. The lowest BCUT2D eigenvalue weighted by Gasteiger charge is -2.32. The molecule has 0 radical (unpaired) electrons. The highest BCUT2D eigenvalue weighted by molar-refractivity contribution is 7.09. The van der Waals surface area contributed by atoms with E-state index in [2.05, 4.69) is 32.8 Å². The van der Waals surface area contributed by atoms with Crippen molar-refractivity contribution in [3.63, 3.8) is 0 Å². The molecule has 1 amide bonds. The molecule has 0 saturated carbocycles. The van der Waals surface area contributed by atoms with E-state index < -0.39 is 0 Å². The second-order valence-electron chi connectivity index (χ2n) is 6.50. The molecule has 0 aliphatic carbocycles. The number of rotatable bonds is 5. The van der Waals surface area contributed by atoms with Gasteiger partial charge in [-0.1, -0.05) is 0 Å². The van der Waals surface area contributed by atoms with E-state index in [0.717, 1.165) is 50.6 Å². The van der Waals surface area contributed by atoms with Crippen LogP contribution in [0.3, 0.4) is 0 Å². The summed E-state index contributed by atoms with van der Waals surface area (Å²) in [6, 6.07) is 0.0395. The van der Waals surface area contributed by atoms with Gasteiger partial charge in [-0.2, -0.15) is 0 Å². The molecule has 0 spiro atoms. The predicted octanol–water partition coefficient (Wildman–Crippen LogP) is 1.53. The molecular formula is C16H26N4OS. The average molecular weight is 322 g/mol. The van der Waals surface area contributed by atoms with E-state index in [-0.39, 0.29) is 11.9 Å². The van der Waals surface area contributed by atoms with Gasteiger partial charge in [0.2, 0.25) is 5.91 Å². The third-order valence-corrected chi connectivity index (χ3v) is 5.42. The van der Waals surface area contributed by atoms with Crippen LogP contribution < -0.4 is 10.6 Å². The first-order valence-electron chi connectivity index (χ1n) is 8.35. The van der Waals surface area contributed by atoms with Crippen LogP contribution in [0.15, 0.2) is 5.38 Å². The van der Waals surface area contributed by atoms with Crippen molar-refractivity contribution < 1.29 is 4.79 Å². The Morgan fingerprint density at radius 3 is 3.14 bits per heavy atom. The van der Waals surface area contributed by atoms with Crippen molar-refractivity contribution in [1.82, 2.24) is 20.5 Å². The van der Waals surface area contributed by atoms with Gasteiger partial charge in [-0.05, 0) is 51.6 Å². The number of thiazole rings is 1. The lowest BCUT2D eigenvalue weighted by Crippen LogP contribution is -2.45. The van der Waals surface area contributed by atoms with Gasteiger partial charge in [0.15, 0.2) is 0 Å². The summed E-state index contributed by atoms with van der Waals surface area (Å²) >= 11 is 1.72. The zero-order valence-electron chi connectivity index (χ0n) is 13.3. The minimum atomic E-state index is 0.0395. The monoisotopic (exact) mass is 322 g/mol. The van der Waals surface area contributed by atoms with Crippen molar-refractivity contribution in [3.8, 4) is 0 Å². The number of carbonyl (C=O) groups excluding carboxylic acids is 1. The van der Waals surface area contributed by atoms with Crippen molar-refractivity contribution in [3.05, 3.63) is 16.1 Å². The number of hydrogen-bond donors (Lipinski definition) is 2. The van der Waals surface area contributed by atoms with Crippen LogP contribution in [0.25, 0.3) is 0 Å². The average Bonchev–Trinajstić information content (AvgIpc) is 3.17. The number of carbonyl (C=O) groups is 1. The number of amides is 1. The molecule has 2 aliphatic heterocycles. The second kappa shape index (κ2) is 7.53. The number of likely N-dealkylation sites (tertiary alicyclic amines) is 1. The van der Waals surface area contributed by atoms with E-state index in [1.807, 2.05) is 0 Å². The summed E-state index contributed by atoms with van der Waals surface area (Å²) in [5.41, 5.74) is 1.18. The molecule has 2 atom stereocenters.